The molecule has 0 saturated heterocycles. The van der Waals surface area contributed by atoms with Gasteiger partial charge in [-0.3, -0.25) is 0 Å². The van der Waals surface area contributed by atoms with Gasteiger partial charge in [0.15, 0.2) is 0 Å². The van der Waals surface area contributed by atoms with Crippen LogP contribution in [0.5, 0.6) is 0 Å². The maximum atomic E-state index is 9.20. The Balaban J connectivity index is 2.39. The quantitative estimate of drug-likeness (QED) is 0.878. The summed E-state index contributed by atoms with van der Waals surface area (Å²) in [6, 6.07) is 16.4. The van der Waals surface area contributed by atoms with Gasteiger partial charge in [0, 0.05) is 0 Å². The third-order valence-corrected chi connectivity index (χ3v) is 5.28. The first kappa shape index (κ1) is 16.7. The van der Waals surface area contributed by atoms with Crippen molar-refractivity contribution in [3.63, 3.8) is 0 Å². The van der Waals surface area contributed by atoms with Crippen molar-refractivity contribution in [2.24, 2.45) is 0 Å². The molecule has 0 radical (unpaired) electrons. The smallest absolute Gasteiger partial charge is 0.0681 e. The zero-order valence-corrected chi connectivity index (χ0v) is 13.9. The van der Waals surface area contributed by atoms with Gasteiger partial charge in [-0.2, -0.15) is 0 Å². The van der Waals surface area contributed by atoms with E-state index in [9.17, 15) is 10.2 Å². The second kappa shape index (κ2) is 6.23. The molecule has 2 N–H and O–H groups in total. The monoisotopic (exact) mass is 298 g/mol. The summed E-state index contributed by atoms with van der Waals surface area (Å²) in [6.07, 6.45) is 0. The second-order valence-electron chi connectivity index (χ2n) is 6.96. The highest BCUT2D eigenvalue weighted by Gasteiger charge is 2.39. The van der Waals surface area contributed by atoms with Crippen molar-refractivity contribution in [3.8, 4) is 0 Å². The predicted octanol–water partition coefficient (Wildman–Crippen LogP) is 3.93. The molecule has 0 amide bonds. The van der Waals surface area contributed by atoms with Gasteiger partial charge in [0.05, 0.1) is 13.2 Å². The third kappa shape index (κ3) is 2.94. The van der Waals surface area contributed by atoms with Gasteiger partial charge in [-0.25, -0.2) is 0 Å². The first-order valence-electron chi connectivity index (χ1n) is 7.73. The average Bonchev–Trinajstić information content (AvgIpc) is 2.54. The zero-order valence-electron chi connectivity index (χ0n) is 13.9. The molecule has 22 heavy (non-hydrogen) atoms. The van der Waals surface area contributed by atoms with E-state index in [0.29, 0.717) is 0 Å². The van der Waals surface area contributed by atoms with Crippen LogP contribution in [0.3, 0.4) is 0 Å². The normalized spacial score (nSPS) is 12.5. The highest BCUT2D eigenvalue weighted by atomic mass is 16.3. The van der Waals surface area contributed by atoms with Crippen LogP contribution in [0, 0.1) is 0 Å². The Labute approximate surface area is 133 Å². The Kier molecular flexibility index (Phi) is 4.74. The fourth-order valence-electron chi connectivity index (χ4n) is 2.78. The minimum Gasteiger partial charge on any atom is -0.392 e. The Hall–Kier alpha value is -1.64. The van der Waals surface area contributed by atoms with E-state index in [1.54, 1.807) is 0 Å². The van der Waals surface area contributed by atoms with Crippen LogP contribution in [0.15, 0.2) is 48.5 Å². The molecule has 0 spiro atoms. The molecular formula is C20H26O2. The summed E-state index contributed by atoms with van der Waals surface area (Å²) in [4.78, 5) is 0. The highest BCUT2D eigenvalue weighted by molar-refractivity contribution is 5.38. The minimum absolute atomic E-state index is 0.0677. The van der Waals surface area contributed by atoms with Crippen LogP contribution >= 0.6 is 0 Å². The Morgan fingerprint density at radius 2 is 0.864 bits per heavy atom. The van der Waals surface area contributed by atoms with Crippen LogP contribution in [0.4, 0.5) is 0 Å². The summed E-state index contributed by atoms with van der Waals surface area (Å²) in [7, 11) is 0. The fraction of sp³-hybridized carbons (Fsp3) is 0.400. The second-order valence-corrected chi connectivity index (χ2v) is 6.96. The van der Waals surface area contributed by atoms with Crippen LogP contribution < -0.4 is 0 Å². The van der Waals surface area contributed by atoms with Crippen LogP contribution in [0.2, 0.25) is 0 Å². The van der Waals surface area contributed by atoms with E-state index in [-0.39, 0.29) is 24.0 Å². The number of hydrogen-bond acceptors (Lipinski definition) is 2. The Bertz CT molecular complexity index is 550. The molecule has 118 valence electrons. The van der Waals surface area contributed by atoms with E-state index in [1.165, 1.54) is 11.1 Å². The molecule has 0 bridgehead atoms. The number of rotatable bonds is 5. The summed E-state index contributed by atoms with van der Waals surface area (Å²) in [5.74, 6) is 0. The lowest BCUT2D eigenvalue weighted by Crippen LogP contribution is -2.40. The zero-order chi connectivity index (χ0) is 16.4. The molecule has 0 aromatic heterocycles. The SMILES string of the molecule is CC(C)(c1ccc(CO)cc1)C(C)(C)c1ccc(CO)cc1. The van der Waals surface area contributed by atoms with Gasteiger partial charge in [0.25, 0.3) is 0 Å². The lowest BCUT2D eigenvalue weighted by molar-refractivity contribution is 0.280. The Morgan fingerprint density at radius 1 is 0.591 bits per heavy atom. The first-order chi connectivity index (χ1) is 10.3. The first-order valence-corrected chi connectivity index (χ1v) is 7.73. The van der Waals surface area contributed by atoms with E-state index >= 15 is 0 Å². The summed E-state index contributed by atoms with van der Waals surface area (Å²) >= 11 is 0. The Morgan fingerprint density at radius 3 is 1.09 bits per heavy atom. The van der Waals surface area contributed by atoms with Crippen molar-refractivity contribution in [1.82, 2.24) is 0 Å². The molecule has 0 aliphatic heterocycles. The minimum atomic E-state index is -0.0677. The van der Waals surface area contributed by atoms with Crippen LogP contribution in [0.1, 0.15) is 49.9 Å². The maximum absolute atomic E-state index is 9.20. The number of aliphatic hydroxyl groups excluding tert-OH is 2. The summed E-state index contributed by atoms with van der Waals surface area (Å²) in [6.45, 7) is 9.16. The third-order valence-electron chi connectivity index (χ3n) is 5.28. The molecule has 0 fully saturated rings. The molecule has 0 heterocycles. The van der Waals surface area contributed by atoms with Gasteiger partial charge in [0.1, 0.15) is 0 Å². The number of hydrogen-bond donors (Lipinski definition) is 2. The molecule has 0 aliphatic carbocycles. The van der Waals surface area contributed by atoms with Crippen LogP contribution in [-0.4, -0.2) is 10.2 Å². The summed E-state index contributed by atoms with van der Waals surface area (Å²) in [5.41, 5.74) is 4.24. The lowest BCUT2D eigenvalue weighted by Gasteiger charge is -2.43. The molecule has 2 aromatic rings. The summed E-state index contributed by atoms with van der Waals surface area (Å²) in [5, 5.41) is 18.4. The molecule has 0 atom stereocenters. The van der Waals surface area contributed by atoms with Crippen molar-refractivity contribution in [3.05, 3.63) is 70.8 Å². The van der Waals surface area contributed by atoms with E-state index < -0.39 is 0 Å². The number of benzene rings is 2. The van der Waals surface area contributed by atoms with Crippen molar-refractivity contribution in [2.75, 3.05) is 0 Å². The molecule has 0 aliphatic rings. The van der Waals surface area contributed by atoms with E-state index in [0.717, 1.165) is 11.1 Å². The van der Waals surface area contributed by atoms with Crippen molar-refractivity contribution in [2.45, 2.75) is 51.7 Å². The fourth-order valence-corrected chi connectivity index (χ4v) is 2.78. The van der Waals surface area contributed by atoms with Crippen LogP contribution in [-0.2, 0) is 24.0 Å². The van der Waals surface area contributed by atoms with Gasteiger partial charge in [-0.1, -0.05) is 76.2 Å². The standard InChI is InChI=1S/C20H26O2/c1-19(2,17-9-5-15(13-21)6-10-17)20(3,4)18-11-7-16(14-22)8-12-18/h5-12,21-22H,13-14H2,1-4H3. The lowest BCUT2D eigenvalue weighted by atomic mass is 9.61. The van der Waals surface area contributed by atoms with Crippen molar-refractivity contribution >= 4 is 0 Å². The molecule has 2 nitrogen and oxygen atoms in total. The van der Waals surface area contributed by atoms with E-state index in [4.69, 9.17) is 0 Å². The van der Waals surface area contributed by atoms with Crippen molar-refractivity contribution < 1.29 is 10.2 Å². The topological polar surface area (TPSA) is 40.5 Å². The molecule has 2 rings (SSSR count). The van der Waals surface area contributed by atoms with Gasteiger partial charge in [-0.15, -0.1) is 0 Å². The summed E-state index contributed by atoms with van der Waals surface area (Å²) < 4.78 is 0. The predicted molar refractivity (Wildman–Crippen MR) is 90.8 cm³/mol. The van der Waals surface area contributed by atoms with E-state index in [1.807, 2.05) is 24.3 Å². The van der Waals surface area contributed by atoms with Gasteiger partial charge in [0.2, 0.25) is 0 Å². The molecule has 0 saturated carbocycles. The molecule has 2 heteroatoms. The van der Waals surface area contributed by atoms with E-state index in [2.05, 4.69) is 52.0 Å². The molecule has 2 aromatic carbocycles. The van der Waals surface area contributed by atoms with Crippen molar-refractivity contribution in [1.29, 1.82) is 0 Å². The van der Waals surface area contributed by atoms with Gasteiger partial charge >= 0.3 is 0 Å². The largest absolute Gasteiger partial charge is 0.392 e. The van der Waals surface area contributed by atoms with Crippen LogP contribution in [0.25, 0.3) is 0 Å². The van der Waals surface area contributed by atoms with Gasteiger partial charge in [-0.05, 0) is 33.1 Å². The molecular weight excluding hydrogens is 272 g/mol. The molecule has 0 unspecified atom stereocenters. The highest BCUT2D eigenvalue weighted by Crippen LogP contribution is 2.43. The van der Waals surface area contributed by atoms with Gasteiger partial charge < -0.3 is 10.2 Å². The average molecular weight is 298 g/mol. The maximum Gasteiger partial charge on any atom is 0.0681 e. The number of aliphatic hydroxyl groups is 2.